The summed E-state index contributed by atoms with van der Waals surface area (Å²) in [6, 6.07) is 8.12. The van der Waals surface area contributed by atoms with Crippen LogP contribution in [0.2, 0.25) is 0 Å². The van der Waals surface area contributed by atoms with E-state index in [2.05, 4.69) is 39.6 Å². The Hall–Kier alpha value is -1.88. The highest BCUT2D eigenvalue weighted by atomic mass is 16.4. The normalized spacial score (nSPS) is 19.9. The van der Waals surface area contributed by atoms with Gasteiger partial charge in [-0.2, -0.15) is 0 Å². The molecule has 0 aliphatic carbocycles. The lowest BCUT2D eigenvalue weighted by Gasteiger charge is -2.30. The lowest BCUT2D eigenvalue weighted by atomic mass is 9.98. The number of benzene rings is 1. The number of hydrogen-bond acceptors (Lipinski definition) is 5. The van der Waals surface area contributed by atoms with Crippen LogP contribution < -0.4 is 5.32 Å². The second kappa shape index (κ2) is 6.05. The summed E-state index contributed by atoms with van der Waals surface area (Å²) in [5.74, 6) is 1.28. The zero-order valence-corrected chi connectivity index (χ0v) is 11.7. The van der Waals surface area contributed by atoms with Crippen LogP contribution in [-0.2, 0) is 0 Å². The highest BCUT2D eigenvalue weighted by molar-refractivity contribution is 5.60. The summed E-state index contributed by atoms with van der Waals surface area (Å²) < 4.78 is 5.23. The van der Waals surface area contributed by atoms with Gasteiger partial charge in [-0.05, 0) is 50.6 Å². The molecule has 1 aromatic heterocycles. The quantitative estimate of drug-likeness (QED) is 0.926. The lowest BCUT2D eigenvalue weighted by Crippen LogP contribution is -2.35. The Morgan fingerprint density at radius 3 is 3.20 bits per heavy atom. The largest absolute Gasteiger partial charge is 0.423 e. The molecule has 106 valence electrons. The fourth-order valence-corrected chi connectivity index (χ4v) is 2.76. The molecule has 2 aromatic rings. The Bertz CT molecular complexity index is 541. The van der Waals surface area contributed by atoms with E-state index in [0.717, 1.165) is 23.7 Å². The van der Waals surface area contributed by atoms with E-state index in [1.165, 1.54) is 32.3 Å². The van der Waals surface area contributed by atoms with Crippen LogP contribution in [0.15, 0.2) is 35.1 Å². The number of likely N-dealkylation sites (tertiary alicyclic amines) is 1. The topological polar surface area (TPSA) is 54.2 Å². The van der Waals surface area contributed by atoms with Gasteiger partial charge < -0.3 is 14.6 Å². The van der Waals surface area contributed by atoms with Gasteiger partial charge >= 0.3 is 0 Å². The monoisotopic (exact) mass is 272 g/mol. The molecule has 0 amide bonds. The van der Waals surface area contributed by atoms with E-state index < -0.39 is 0 Å². The van der Waals surface area contributed by atoms with E-state index in [1.807, 2.05) is 12.1 Å². The highest BCUT2D eigenvalue weighted by Gasteiger charge is 2.16. The Kier molecular flexibility index (Phi) is 3.97. The summed E-state index contributed by atoms with van der Waals surface area (Å²) in [6.45, 7) is 3.41. The SMILES string of the molecule is CN1CCCC(CNc2cccc(-c3nnco3)c2)C1. The van der Waals surface area contributed by atoms with Crippen molar-refractivity contribution in [3.63, 3.8) is 0 Å². The Labute approximate surface area is 119 Å². The van der Waals surface area contributed by atoms with E-state index in [9.17, 15) is 0 Å². The van der Waals surface area contributed by atoms with E-state index in [4.69, 9.17) is 4.42 Å². The smallest absolute Gasteiger partial charge is 0.247 e. The van der Waals surface area contributed by atoms with Crippen molar-refractivity contribution < 1.29 is 4.42 Å². The number of rotatable bonds is 4. The van der Waals surface area contributed by atoms with Crippen molar-refractivity contribution in [1.82, 2.24) is 15.1 Å². The second-order valence-corrected chi connectivity index (χ2v) is 5.48. The lowest BCUT2D eigenvalue weighted by molar-refractivity contribution is 0.217. The third-order valence-corrected chi connectivity index (χ3v) is 3.79. The van der Waals surface area contributed by atoms with Crippen LogP contribution in [0.5, 0.6) is 0 Å². The van der Waals surface area contributed by atoms with Crippen LogP contribution in [0.1, 0.15) is 12.8 Å². The van der Waals surface area contributed by atoms with Crippen LogP contribution >= 0.6 is 0 Å². The molecule has 3 rings (SSSR count). The number of piperidine rings is 1. The molecule has 1 fully saturated rings. The first-order valence-corrected chi connectivity index (χ1v) is 7.10. The molecular weight excluding hydrogens is 252 g/mol. The predicted octanol–water partition coefficient (Wildman–Crippen LogP) is 2.49. The number of hydrogen-bond donors (Lipinski definition) is 1. The van der Waals surface area contributed by atoms with Gasteiger partial charge in [0.2, 0.25) is 12.3 Å². The fraction of sp³-hybridized carbons (Fsp3) is 0.467. The van der Waals surface area contributed by atoms with Crippen molar-refractivity contribution in [2.75, 3.05) is 32.0 Å². The molecule has 1 N–H and O–H groups in total. The Balaban J connectivity index is 1.61. The minimum absolute atomic E-state index is 0.561. The molecule has 0 spiro atoms. The van der Waals surface area contributed by atoms with Gasteiger partial charge in [0.05, 0.1) is 0 Å². The maximum Gasteiger partial charge on any atom is 0.247 e. The van der Waals surface area contributed by atoms with Gasteiger partial charge in [-0.15, -0.1) is 10.2 Å². The van der Waals surface area contributed by atoms with Crippen molar-refractivity contribution in [2.24, 2.45) is 5.92 Å². The van der Waals surface area contributed by atoms with Crippen molar-refractivity contribution >= 4 is 5.69 Å². The minimum atomic E-state index is 0.561. The molecule has 1 aliphatic rings. The molecule has 5 heteroatoms. The number of nitrogens with one attached hydrogen (secondary N) is 1. The minimum Gasteiger partial charge on any atom is -0.423 e. The molecule has 1 saturated heterocycles. The zero-order chi connectivity index (χ0) is 13.8. The van der Waals surface area contributed by atoms with Crippen LogP contribution in [0.4, 0.5) is 5.69 Å². The second-order valence-electron chi connectivity index (χ2n) is 5.48. The molecule has 0 saturated carbocycles. The third-order valence-electron chi connectivity index (χ3n) is 3.79. The highest BCUT2D eigenvalue weighted by Crippen LogP contribution is 2.21. The van der Waals surface area contributed by atoms with Crippen LogP contribution in [0, 0.1) is 5.92 Å². The standard InChI is InChI=1S/C15H20N4O/c1-19-7-3-4-12(10-19)9-16-14-6-2-5-13(8-14)15-18-17-11-20-15/h2,5-6,8,11-12,16H,3-4,7,9-10H2,1H3. The predicted molar refractivity (Wildman–Crippen MR) is 78.4 cm³/mol. The summed E-state index contributed by atoms with van der Waals surface area (Å²) in [7, 11) is 2.20. The average molecular weight is 272 g/mol. The summed E-state index contributed by atoms with van der Waals surface area (Å²) >= 11 is 0. The maximum absolute atomic E-state index is 5.23. The molecule has 1 atom stereocenters. The molecule has 0 bridgehead atoms. The van der Waals surface area contributed by atoms with Crippen molar-refractivity contribution in [3.8, 4) is 11.5 Å². The molecule has 1 aliphatic heterocycles. The average Bonchev–Trinajstić information content (AvgIpc) is 3.00. The number of nitrogens with zero attached hydrogens (tertiary/aromatic N) is 3. The first-order chi connectivity index (χ1) is 9.81. The molecule has 1 unspecified atom stereocenters. The molecule has 1 aromatic carbocycles. The van der Waals surface area contributed by atoms with Gasteiger partial charge in [-0.25, -0.2) is 0 Å². The van der Waals surface area contributed by atoms with Crippen molar-refractivity contribution in [1.29, 1.82) is 0 Å². The van der Waals surface area contributed by atoms with Gasteiger partial charge in [-0.3, -0.25) is 0 Å². The molecule has 0 radical (unpaired) electrons. The van der Waals surface area contributed by atoms with Gasteiger partial charge in [0.15, 0.2) is 0 Å². The van der Waals surface area contributed by atoms with Crippen molar-refractivity contribution in [3.05, 3.63) is 30.7 Å². The summed E-state index contributed by atoms with van der Waals surface area (Å²) in [4.78, 5) is 2.41. The van der Waals surface area contributed by atoms with Gasteiger partial charge in [0.1, 0.15) is 0 Å². The van der Waals surface area contributed by atoms with Gasteiger partial charge in [0, 0.05) is 24.3 Å². The van der Waals surface area contributed by atoms with E-state index in [0.29, 0.717) is 5.89 Å². The number of aromatic nitrogens is 2. The summed E-state index contributed by atoms with van der Waals surface area (Å²) in [6.07, 6.45) is 3.96. The van der Waals surface area contributed by atoms with Crippen LogP contribution in [0.3, 0.4) is 0 Å². The molecule has 20 heavy (non-hydrogen) atoms. The Morgan fingerprint density at radius 1 is 1.45 bits per heavy atom. The summed E-state index contributed by atoms with van der Waals surface area (Å²) in [5.41, 5.74) is 2.06. The third kappa shape index (κ3) is 3.17. The van der Waals surface area contributed by atoms with E-state index >= 15 is 0 Å². The van der Waals surface area contributed by atoms with Crippen LogP contribution in [-0.4, -0.2) is 41.8 Å². The van der Waals surface area contributed by atoms with Crippen molar-refractivity contribution in [2.45, 2.75) is 12.8 Å². The molecule has 2 heterocycles. The van der Waals surface area contributed by atoms with Gasteiger partial charge in [-0.1, -0.05) is 6.07 Å². The zero-order valence-electron chi connectivity index (χ0n) is 11.7. The summed E-state index contributed by atoms with van der Waals surface area (Å²) in [5, 5.41) is 11.2. The maximum atomic E-state index is 5.23. The van der Waals surface area contributed by atoms with E-state index in [1.54, 1.807) is 0 Å². The Morgan fingerprint density at radius 2 is 2.40 bits per heavy atom. The molecular formula is C15H20N4O. The van der Waals surface area contributed by atoms with E-state index in [-0.39, 0.29) is 0 Å². The van der Waals surface area contributed by atoms with Crippen LogP contribution in [0.25, 0.3) is 11.5 Å². The fourth-order valence-electron chi connectivity index (χ4n) is 2.76. The molecule has 5 nitrogen and oxygen atoms in total. The first kappa shape index (κ1) is 13.1. The van der Waals surface area contributed by atoms with Gasteiger partial charge in [0.25, 0.3) is 0 Å². The first-order valence-electron chi connectivity index (χ1n) is 7.10. The number of anilines is 1.